The number of allylic oxidation sites excluding steroid dienone is 2. The summed E-state index contributed by atoms with van der Waals surface area (Å²) in [6.07, 6.45) is 2.10. The van der Waals surface area contributed by atoms with E-state index in [0.717, 1.165) is 41.3 Å². The van der Waals surface area contributed by atoms with Crippen LogP contribution in [0, 0.1) is 12.8 Å². The lowest BCUT2D eigenvalue weighted by Crippen LogP contribution is -2.24. The average Bonchev–Trinajstić information content (AvgIpc) is 3.08. The lowest BCUT2D eigenvalue weighted by atomic mass is 9.88. The molecular formula is C25H22F6. The van der Waals surface area contributed by atoms with Crippen LogP contribution in [-0.2, 0) is 12.4 Å². The fourth-order valence-electron chi connectivity index (χ4n) is 4.51. The Hall–Kier alpha value is -2.50. The molecule has 0 amide bonds. The van der Waals surface area contributed by atoms with Crippen LogP contribution in [0.25, 0.3) is 23.3 Å². The standard InChI is InChI=1S/C25H22F6/c1-15-7-18-10-17(9-16-5-3-2-4-6-16)11-23(18)22(8-15)19-12-20(24(26,27)28)14-21(13-19)25(29,30)31/h7-14,16H,2-6H2,1H3. The van der Waals surface area contributed by atoms with Crippen molar-refractivity contribution < 1.29 is 26.3 Å². The number of aryl methyl sites for hydroxylation is 1. The maximum absolute atomic E-state index is 13.3. The van der Waals surface area contributed by atoms with Crippen LogP contribution in [0.4, 0.5) is 26.3 Å². The minimum absolute atomic E-state index is 0.0781. The zero-order chi connectivity index (χ0) is 22.4. The zero-order valence-corrected chi connectivity index (χ0v) is 17.0. The van der Waals surface area contributed by atoms with E-state index < -0.39 is 23.5 Å². The predicted molar refractivity (Wildman–Crippen MR) is 109 cm³/mol. The van der Waals surface area contributed by atoms with Crippen LogP contribution in [0.15, 0.2) is 42.0 Å². The van der Waals surface area contributed by atoms with Crippen LogP contribution >= 0.6 is 0 Å². The highest BCUT2D eigenvalue weighted by Crippen LogP contribution is 2.38. The summed E-state index contributed by atoms with van der Waals surface area (Å²) >= 11 is 0. The SMILES string of the molecule is Cc1cc(-c2cc(C(F)(F)F)cc(C(F)(F)F)c2)c2c(c1)=CC(=CC1CCCCC1)C=2. The van der Waals surface area contributed by atoms with Gasteiger partial charge in [-0.3, -0.25) is 0 Å². The van der Waals surface area contributed by atoms with Crippen LogP contribution in [0.1, 0.15) is 48.8 Å². The van der Waals surface area contributed by atoms with Gasteiger partial charge in [-0.05, 0) is 88.7 Å². The fourth-order valence-corrected chi connectivity index (χ4v) is 4.51. The lowest BCUT2D eigenvalue weighted by Gasteiger charge is -2.18. The van der Waals surface area contributed by atoms with Crippen molar-refractivity contribution in [3.8, 4) is 11.1 Å². The van der Waals surface area contributed by atoms with Crippen molar-refractivity contribution in [2.75, 3.05) is 0 Å². The van der Waals surface area contributed by atoms with Gasteiger partial charge in [0.15, 0.2) is 0 Å². The van der Waals surface area contributed by atoms with Crippen molar-refractivity contribution in [2.45, 2.75) is 51.4 Å². The van der Waals surface area contributed by atoms with Gasteiger partial charge in [-0.25, -0.2) is 0 Å². The van der Waals surface area contributed by atoms with Gasteiger partial charge < -0.3 is 0 Å². The van der Waals surface area contributed by atoms with Crippen molar-refractivity contribution in [1.29, 1.82) is 0 Å². The van der Waals surface area contributed by atoms with E-state index in [1.165, 1.54) is 19.3 Å². The Morgan fingerprint density at radius 2 is 1.39 bits per heavy atom. The summed E-state index contributed by atoms with van der Waals surface area (Å²) in [6, 6.07) is 5.35. The van der Waals surface area contributed by atoms with Crippen molar-refractivity contribution >= 4 is 12.2 Å². The van der Waals surface area contributed by atoms with Gasteiger partial charge in [0.1, 0.15) is 0 Å². The van der Waals surface area contributed by atoms with Crippen molar-refractivity contribution in [3.05, 3.63) is 69.1 Å². The number of alkyl halides is 6. The van der Waals surface area contributed by atoms with Gasteiger partial charge in [-0.2, -0.15) is 26.3 Å². The van der Waals surface area contributed by atoms with Gasteiger partial charge in [-0.15, -0.1) is 0 Å². The van der Waals surface area contributed by atoms with E-state index in [9.17, 15) is 26.3 Å². The van der Waals surface area contributed by atoms with Gasteiger partial charge in [0.25, 0.3) is 0 Å². The first-order valence-corrected chi connectivity index (χ1v) is 10.4. The van der Waals surface area contributed by atoms with E-state index in [1.54, 1.807) is 13.0 Å². The maximum atomic E-state index is 13.3. The summed E-state index contributed by atoms with van der Waals surface area (Å²) in [5, 5.41) is 1.49. The van der Waals surface area contributed by atoms with Crippen LogP contribution in [-0.4, -0.2) is 0 Å². The summed E-state index contributed by atoms with van der Waals surface area (Å²) in [5.74, 6) is 0.459. The molecule has 0 radical (unpaired) electrons. The number of halogens is 6. The molecule has 1 saturated carbocycles. The first kappa shape index (κ1) is 21.7. The highest BCUT2D eigenvalue weighted by Gasteiger charge is 2.37. The molecule has 31 heavy (non-hydrogen) atoms. The molecule has 0 unspecified atom stereocenters. The molecule has 6 heteroatoms. The molecule has 0 nitrogen and oxygen atoms in total. The van der Waals surface area contributed by atoms with Crippen LogP contribution < -0.4 is 10.4 Å². The minimum atomic E-state index is -4.87. The number of rotatable bonds is 2. The molecule has 0 spiro atoms. The molecule has 4 rings (SSSR count). The Labute approximate surface area is 176 Å². The molecule has 2 aliphatic carbocycles. The van der Waals surface area contributed by atoms with Gasteiger partial charge in [-0.1, -0.05) is 37.5 Å². The van der Waals surface area contributed by atoms with Crippen LogP contribution in [0.2, 0.25) is 0 Å². The molecule has 2 aliphatic rings. The number of hydrogen-bond acceptors (Lipinski definition) is 0. The Morgan fingerprint density at radius 3 is 1.97 bits per heavy atom. The lowest BCUT2D eigenvalue weighted by molar-refractivity contribution is -0.143. The van der Waals surface area contributed by atoms with Crippen molar-refractivity contribution in [2.24, 2.45) is 5.92 Å². The molecule has 0 heterocycles. The van der Waals surface area contributed by atoms with Gasteiger partial charge >= 0.3 is 12.4 Å². The number of hydrogen-bond donors (Lipinski definition) is 0. The summed E-state index contributed by atoms with van der Waals surface area (Å²) in [4.78, 5) is 0. The van der Waals surface area contributed by atoms with E-state index in [4.69, 9.17) is 0 Å². The zero-order valence-electron chi connectivity index (χ0n) is 17.0. The topological polar surface area (TPSA) is 0 Å². The molecule has 0 atom stereocenters. The van der Waals surface area contributed by atoms with E-state index >= 15 is 0 Å². The normalized spacial score (nSPS) is 18.6. The average molecular weight is 436 g/mol. The fraction of sp³-hybridized carbons (Fsp3) is 0.360. The van der Waals surface area contributed by atoms with Gasteiger partial charge in [0.05, 0.1) is 11.1 Å². The van der Waals surface area contributed by atoms with Gasteiger partial charge in [0.2, 0.25) is 0 Å². The molecule has 0 saturated heterocycles. The second kappa shape index (κ2) is 7.88. The van der Waals surface area contributed by atoms with E-state index in [2.05, 4.69) is 6.08 Å². The second-order valence-corrected chi connectivity index (χ2v) is 8.46. The molecular weight excluding hydrogens is 414 g/mol. The van der Waals surface area contributed by atoms with E-state index in [1.807, 2.05) is 18.2 Å². The maximum Gasteiger partial charge on any atom is 0.416 e. The van der Waals surface area contributed by atoms with Crippen LogP contribution in [0.5, 0.6) is 0 Å². The third-order valence-electron chi connectivity index (χ3n) is 5.97. The third kappa shape index (κ3) is 4.73. The minimum Gasteiger partial charge on any atom is -0.166 e. The summed E-state index contributed by atoms with van der Waals surface area (Å²) in [6.45, 7) is 1.79. The summed E-state index contributed by atoms with van der Waals surface area (Å²) in [5.41, 5.74) is -0.541. The molecule has 0 bridgehead atoms. The van der Waals surface area contributed by atoms with Crippen molar-refractivity contribution in [1.82, 2.24) is 0 Å². The third-order valence-corrected chi connectivity index (χ3v) is 5.97. The molecule has 2 aromatic rings. The number of benzene rings is 2. The summed E-state index contributed by atoms with van der Waals surface area (Å²) < 4.78 is 80.0. The van der Waals surface area contributed by atoms with Gasteiger partial charge in [0, 0.05) is 0 Å². The van der Waals surface area contributed by atoms with E-state index in [-0.39, 0.29) is 11.6 Å². The Balaban J connectivity index is 1.88. The molecule has 0 aliphatic heterocycles. The second-order valence-electron chi connectivity index (χ2n) is 8.46. The smallest absolute Gasteiger partial charge is 0.166 e. The predicted octanol–water partition coefficient (Wildman–Crippen LogP) is 6.78. The molecule has 0 aromatic heterocycles. The quantitative estimate of drug-likeness (QED) is 0.455. The first-order valence-electron chi connectivity index (χ1n) is 10.4. The summed E-state index contributed by atoms with van der Waals surface area (Å²) in [7, 11) is 0. The monoisotopic (exact) mass is 436 g/mol. The molecule has 1 fully saturated rings. The highest BCUT2D eigenvalue weighted by molar-refractivity contribution is 5.78. The molecule has 164 valence electrons. The number of fused-ring (bicyclic) bond motifs is 1. The van der Waals surface area contributed by atoms with Crippen LogP contribution in [0.3, 0.4) is 0 Å². The Bertz CT molecular complexity index is 1110. The van der Waals surface area contributed by atoms with Crippen molar-refractivity contribution in [3.63, 3.8) is 0 Å². The first-order chi connectivity index (χ1) is 14.5. The molecule has 0 N–H and O–H groups in total. The highest BCUT2D eigenvalue weighted by atomic mass is 19.4. The molecule has 2 aromatic carbocycles. The van der Waals surface area contributed by atoms with E-state index in [0.29, 0.717) is 16.7 Å². The Kier molecular flexibility index (Phi) is 5.52. The Morgan fingerprint density at radius 1 is 0.774 bits per heavy atom. The largest absolute Gasteiger partial charge is 0.416 e.